The second kappa shape index (κ2) is 6.53. The summed E-state index contributed by atoms with van der Waals surface area (Å²) < 4.78 is 13.9. The smallest absolute Gasteiger partial charge is 0.146 e. The summed E-state index contributed by atoms with van der Waals surface area (Å²) in [5.41, 5.74) is 2.77. The lowest BCUT2D eigenvalue weighted by atomic mass is 10.0. The van der Waals surface area contributed by atoms with E-state index >= 15 is 0 Å². The summed E-state index contributed by atoms with van der Waals surface area (Å²) in [5.74, 6) is -0.207. The Labute approximate surface area is 120 Å². The summed E-state index contributed by atoms with van der Waals surface area (Å²) in [6, 6.07) is 15.2. The van der Waals surface area contributed by atoms with Crippen molar-refractivity contribution in [1.82, 2.24) is 5.32 Å². The van der Waals surface area contributed by atoms with Gasteiger partial charge in [0.1, 0.15) is 5.82 Å². The fraction of sp³-hybridized carbons (Fsp3) is 0.294. The van der Waals surface area contributed by atoms with E-state index in [-0.39, 0.29) is 11.9 Å². The molecule has 0 spiro atoms. The Morgan fingerprint density at radius 2 is 1.65 bits per heavy atom. The van der Waals surface area contributed by atoms with Crippen LogP contribution in [-0.2, 0) is 0 Å². The molecule has 0 amide bonds. The van der Waals surface area contributed by atoms with Crippen molar-refractivity contribution in [2.75, 3.05) is 18.5 Å². The standard InChI is InChI=1S/C17H21FN2/c1-4-19-13(2)14-9-5-7-11-16(14)20(3)17-12-8-6-10-15(17)18/h5-13,19H,4H2,1-3H3. The lowest BCUT2D eigenvalue weighted by Gasteiger charge is -2.25. The molecule has 2 aromatic rings. The molecule has 0 radical (unpaired) electrons. The number of anilines is 2. The van der Waals surface area contributed by atoms with Crippen LogP contribution in [0.25, 0.3) is 0 Å². The Morgan fingerprint density at radius 1 is 1.05 bits per heavy atom. The van der Waals surface area contributed by atoms with Crippen LogP contribution in [0.15, 0.2) is 48.5 Å². The molecular weight excluding hydrogens is 251 g/mol. The number of hydrogen-bond acceptors (Lipinski definition) is 2. The van der Waals surface area contributed by atoms with Crippen molar-refractivity contribution in [2.45, 2.75) is 19.9 Å². The van der Waals surface area contributed by atoms with Crippen LogP contribution < -0.4 is 10.2 Å². The number of rotatable bonds is 5. The predicted molar refractivity (Wildman–Crippen MR) is 83.0 cm³/mol. The van der Waals surface area contributed by atoms with Gasteiger partial charge in [-0.2, -0.15) is 0 Å². The molecule has 0 aliphatic carbocycles. The van der Waals surface area contributed by atoms with Gasteiger partial charge in [-0.15, -0.1) is 0 Å². The number of halogens is 1. The first kappa shape index (κ1) is 14.5. The summed E-state index contributed by atoms with van der Waals surface area (Å²) >= 11 is 0. The van der Waals surface area contributed by atoms with Crippen molar-refractivity contribution in [3.8, 4) is 0 Å². The molecule has 0 bridgehead atoms. The predicted octanol–water partition coefficient (Wildman–Crippen LogP) is 4.26. The molecule has 0 fully saturated rings. The third-order valence-electron chi connectivity index (χ3n) is 3.49. The molecule has 0 saturated carbocycles. The van der Waals surface area contributed by atoms with Gasteiger partial charge in [0.2, 0.25) is 0 Å². The topological polar surface area (TPSA) is 15.3 Å². The van der Waals surface area contributed by atoms with Crippen LogP contribution in [0.4, 0.5) is 15.8 Å². The van der Waals surface area contributed by atoms with Gasteiger partial charge in [0, 0.05) is 18.8 Å². The molecule has 1 unspecified atom stereocenters. The fourth-order valence-electron chi connectivity index (χ4n) is 2.43. The minimum Gasteiger partial charge on any atom is -0.342 e. The maximum Gasteiger partial charge on any atom is 0.146 e. The lowest BCUT2D eigenvalue weighted by molar-refractivity contribution is 0.597. The van der Waals surface area contributed by atoms with E-state index in [0.29, 0.717) is 5.69 Å². The van der Waals surface area contributed by atoms with Crippen LogP contribution >= 0.6 is 0 Å². The van der Waals surface area contributed by atoms with Crippen LogP contribution in [-0.4, -0.2) is 13.6 Å². The van der Waals surface area contributed by atoms with Crippen LogP contribution in [0.2, 0.25) is 0 Å². The van der Waals surface area contributed by atoms with Crippen molar-refractivity contribution < 1.29 is 4.39 Å². The minimum atomic E-state index is -0.207. The van der Waals surface area contributed by atoms with E-state index in [0.717, 1.165) is 12.2 Å². The number of nitrogens with one attached hydrogen (secondary N) is 1. The molecule has 2 rings (SSSR count). The molecule has 0 aliphatic rings. The van der Waals surface area contributed by atoms with Gasteiger partial charge in [-0.1, -0.05) is 37.3 Å². The van der Waals surface area contributed by atoms with E-state index in [1.54, 1.807) is 12.1 Å². The molecule has 0 saturated heterocycles. The monoisotopic (exact) mass is 272 g/mol. The van der Waals surface area contributed by atoms with Gasteiger partial charge < -0.3 is 10.2 Å². The SMILES string of the molecule is CCNC(C)c1ccccc1N(C)c1ccccc1F. The van der Waals surface area contributed by atoms with Gasteiger partial charge >= 0.3 is 0 Å². The van der Waals surface area contributed by atoms with Crippen LogP contribution in [0.3, 0.4) is 0 Å². The Bertz CT molecular complexity index is 568. The van der Waals surface area contributed by atoms with Crippen molar-refractivity contribution in [2.24, 2.45) is 0 Å². The van der Waals surface area contributed by atoms with Crippen LogP contribution in [0.1, 0.15) is 25.5 Å². The molecule has 3 heteroatoms. The average molecular weight is 272 g/mol. The normalized spacial score (nSPS) is 12.2. The first-order chi connectivity index (χ1) is 9.65. The Balaban J connectivity index is 2.40. The summed E-state index contributed by atoms with van der Waals surface area (Å²) in [7, 11) is 1.90. The fourth-order valence-corrected chi connectivity index (χ4v) is 2.43. The maximum absolute atomic E-state index is 13.9. The Kier molecular flexibility index (Phi) is 4.74. The molecule has 106 valence electrons. The third kappa shape index (κ3) is 2.99. The van der Waals surface area contributed by atoms with Crippen molar-refractivity contribution in [1.29, 1.82) is 0 Å². The average Bonchev–Trinajstić information content (AvgIpc) is 2.47. The van der Waals surface area contributed by atoms with E-state index in [2.05, 4.69) is 25.2 Å². The number of benzene rings is 2. The zero-order chi connectivity index (χ0) is 14.5. The Hall–Kier alpha value is -1.87. The molecule has 2 nitrogen and oxygen atoms in total. The second-order valence-electron chi connectivity index (χ2n) is 4.85. The van der Waals surface area contributed by atoms with Crippen molar-refractivity contribution >= 4 is 11.4 Å². The Morgan fingerprint density at radius 3 is 2.30 bits per heavy atom. The van der Waals surface area contributed by atoms with Gasteiger partial charge in [-0.3, -0.25) is 0 Å². The highest BCUT2D eigenvalue weighted by Gasteiger charge is 2.15. The summed E-state index contributed by atoms with van der Waals surface area (Å²) in [6.07, 6.45) is 0. The van der Waals surface area contributed by atoms with E-state index in [9.17, 15) is 4.39 Å². The zero-order valence-corrected chi connectivity index (χ0v) is 12.2. The number of para-hydroxylation sites is 2. The molecule has 2 aromatic carbocycles. The minimum absolute atomic E-state index is 0.207. The van der Waals surface area contributed by atoms with Gasteiger partial charge in [-0.25, -0.2) is 4.39 Å². The molecule has 0 heterocycles. The lowest BCUT2D eigenvalue weighted by Crippen LogP contribution is -2.21. The second-order valence-corrected chi connectivity index (χ2v) is 4.85. The van der Waals surface area contributed by atoms with Gasteiger partial charge in [0.25, 0.3) is 0 Å². The maximum atomic E-state index is 13.9. The quantitative estimate of drug-likeness (QED) is 0.874. The highest BCUT2D eigenvalue weighted by atomic mass is 19.1. The highest BCUT2D eigenvalue weighted by molar-refractivity contribution is 5.66. The molecule has 20 heavy (non-hydrogen) atoms. The first-order valence-corrected chi connectivity index (χ1v) is 6.95. The van der Waals surface area contributed by atoms with Gasteiger partial charge in [0.15, 0.2) is 0 Å². The van der Waals surface area contributed by atoms with Crippen LogP contribution in [0.5, 0.6) is 0 Å². The van der Waals surface area contributed by atoms with E-state index in [1.165, 1.54) is 11.6 Å². The van der Waals surface area contributed by atoms with E-state index < -0.39 is 0 Å². The number of hydrogen-bond donors (Lipinski definition) is 1. The highest BCUT2D eigenvalue weighted by Crippen LogP contribution is 2.31. The third-order valence-corrected chi connectivity index (χ3v) is 3.49. The molecule has 1 atom stereocenters. The zero-order valence-electron chi connectivity index (χ0n) is 12.2. The molecule has 1 N–H and O–H groups in total. The van der Waals surface area contributed by atoms with Gasteiger partial charge in [0.05, 0.1) is 5.69 Å². The first-order valence-electron chi connectivity index (χ1n) is 6.95. The number of nitrogens with zero attached hydrogens (tertiary/aromatic N) is 1. The summed E-state index contributed by atoms with van der Waals surface area (Å²) in [4.78, 5) is 1.90. The molecule has 0 aromatic heterocycles. The summed E-state index contributed by atoms with van der Waals surface area (Å²) in [6.45, 7) is 5.11. The van der Waals surface area contributed by atoms with Crippen molar-refractivity contribution in [3.05, 3.63) is 59.9 Å². The van der Waals surface area contributed by atoms with Gasteiger partial charge in [-0.05, 0) is 37.2 Å². The van der Waals surface area contributed by atoms with E-state index in [1.807, 2.05) is 36.2 Å². The van der Waals surface area contributed by atoms with Crippen LogP contribution in [0, 0.1) is 5.82 Å². The summed E-state index contributed by atoms with van der Waals surface area (Å²) in [5, 5.41) is 3.40. The van der Waals surface area contributed by atoms with Crippen molar-refractivity contribution in [3.63, 3.8) is 0 Å². The molecular formula is C17H21FN2. The largest absolute Gasteiger partial charge is 0.342 e. The van der Waals surface area contributed by atoms with E-state index in [4.69, 9.17) is 0 Å². The molecule has 0 aliphatic heterocycles.